The molecule has 0 radical (unpaired) electrons. The lowest BCUT2D eigenvalue weighted by atomic mass is 10.0. The molecule has 0 spiro atoms. The molecule has 0 aromatic heterocycles. The summed E-state index contributed by atoms with van der Waals surface area (Å²) in [5, 5.41) is 2.09. The van der Waals surface area contributed by atoms with Crippen LogP contribution in [0.3, 0.4) is 0 Å². The van der Waals surface area contributed by atoms with Gasteiger partial charge in [0.2, 0.25) is 0 Å². The molecule has 0 saturated heterocycles. The monoisotopic (exact) mass is 493 g/mol. The van der Waals surface area contributed by atoms with Gasteiger partial charge >= 0.3 is 0 Å². The molecule has 1 atom stereocenters. The predicted octanol–water partition coefficient (Wildman–Crippen LogP) is 4.45. The van der Waals surface area contributed by atoms with Crippen LogP contribution in [0.4, 0.5) is 0 Å². The number of hydrogen-bond acceptors (Lipinski definition) is 6. The predicted molar refractivity (Wildman–Crippen MR) is 125 cm³/mol. The van der Waals surface area contributed by atoms with Gasteiger partial charge in [0.15, 0.2) is 25.4 Å². The van der Waals surface area contributed by atoms with E-state index in [9.17, 15) is 16.8 Å². The fourth-order valence-corrected chi connectivity index (χ4v) is 8.40. The molecule has 3 aromatic carbocycles. The number of benzene rings is 3. The van der Waals surface area contributed by atoms with Crippen molar-refractivity contribution in [3.63, 3.8) is 0 Å². The van der Waals surface area contributed by atoms with Crippen LogP contribution in [-0.4, -0.2) is 22.6 Å². The number of fused-ring (bicyclic) bond motifs is 1. The average Bonchev–Trinajstić information content (AvgIpc) is 3.07. The summed E-state index contributed by atoms with van der Waals surface area (Å²) in [4.78, 5) is 0.194. The van der Waals surface area contributed by atoms with Gasteiger partial charge in [-0.3, -0.25) is 0 Å². The van der Waals surface area contributed by atoms with Crippen molar-refractivity contribution >= 4 is 31.5 Å². The molecule has 1 aliphatic rings. The van der Waals surface area contributed by atoms with Crippen molar-refractivity contribution in [2.45, 2.75) is 35.6 Å². The molecule has 0 amide bonds. The van der Waals surface area contributed by atoms with Crippen molar-refractivity contribution in [2.24, 2.45) is 0 Å². The Labute approximate surface area is 194 Å². The van der Waals surface area contributed by atoms with Crippen LogP contribution in [0.1, 0.15) is 29.4 Å². The number of rotatable bonds is 7. The average molecular weight is 494 g/mol. The Kier molecular flexibility index (Phi) is 7.29. The van der Waals surface area contributed by atoms with Crippen LogP contribution in [0.5, 0.6) is 5.75 Å². The Hall–Kier alpha value is -2.39. The summed E-state index contributed by atoms with van der Waals surface area (Å²) in [7, 11) is -7.58. The smallest absolute Gasteiger partial charge is 0.186 e. The van der Waals surface area contributed by atoms with E-state index in [0.717, 1.165) is 5.56 Å². The highest BCUT2D eigenvalue weighted by molar-refractivity contribution is 7.96. The van der Waals surface area contributed by atoms with Crippen LogP contribution in [0.25, 0.3) is 0 Å². The lowest BCUT2D eigenvalue weighted by Crippen LogP contribution is -2.19. The van der Waals surface area contributed by atoms with Gasteiger partial charge in [0.05, 0.1) is 15.5 Å². The SMILES string of the molecule is C.O=S1(=O)CC(S(=O)(=O)c2ccccc2)c2c(CNCc3ccccc3OCl)cccc21. The molecule has 0 fully saturated rings. The second-order valence-corrected chi connectivity index (χ2v) is 11.5. The largest absolute Gasteiger partial charge is 0.385 e. The van der Waals surface area contributed by atoms with Crippen LogP contribution in [0.2, 0.25) is 0 Å². The zero-order valence-electron chi connectivity index (χ0n) is 16.4. The van der Waals surface area contributed by atoms with Crippen LogP contribution < -0.4 is 9.61 Å². The summed E-state index contributed by atoms with van der Waals surface area (Å²) < 4.78 is 56.9. The van der Waals surface area contributed by atoms with Crippen LogP contribution in [0.15, 0.2) is 82.6 Å². The van der Waals surface area contributed by atoms with Gasteiger partial charge in [0.25, 0.3) is 0 Å². The molecule has 170 valence electrons. The molecule has 0 bridgehead atoms. The van der Waals surface area contributed by atoms with E-state index in [2.05, 4.69) is 5.32 Å². The molecular weight excluding hydrogens is 470 g/mol. The highest BCUT2D eigenvalue weighted by atomic mass is 35.5. The third-order valence-corrected chi connectivity index (χ3v) is 9.57. The zero-order valence-corrected chi connectivity index (χ0v) is 18.8. The van der Waals surface area contributed by atoms with Crippen LogP contribution in [0, 0.1) is 0 Å². The van der Waals surface area contributed by atoms with Crippen molar-refractivity contribution in [2.75, 3.05) is 5.75 Å². The molecule has 6 nitrogen and oxygen atoms in total. The molecule has 3 aromatic rings. The molecule has 0 saturated carbocycles. The van der Waals surface area contributed by atoms with Gasteiger partial charge in [-0.25, -0.2) is 16.8 Å². The normalized spacial score (nSPS) is 16.7. The fourth-order valence-electron chi connectivity index (χ4n) is 3.83. The summed E-state index contributed by atoms with van der Waals surface area (Å²) in [5.74, 6) is 0.0570. The van der Waals surface area contributed by atoms with Gasteiger partial charge in [-0.15, -0.1) is 0 Å². The van der Waals surface area contributed by atoms with E-state index in [1.807, 2.05) is 12.1 Å². The maximum Gasteiger partial charge on any atom is 0.186 e. The van der Waals surface area contributed by atoms with Crippen molar-refractivity contribution in [1.82, 2.24) is 5.32 Å². The van der Waals surface area contributed by atoms with Crippen molar-refractivity contribution in [3.05, 3.63) is 89.5 Å². The number of para-hydroxylation sites is 1. The van der Waals surface area contributed by atoms with Gasteiger partial charge in [0.1, 0.15) is 17.1 Å². The Morgan fingerprint density at radius 3 is 2.25 bits per heavy atom. The summed E-state index contributed by atoms with van der Waals surface area (Å²) >= 11 is 5.50. The molecule has 1 N–H and O–H groups in total. The second kappa shape index (κ2) is 9.62. The second-order valence-electron chi connectivity index (χ2n) is 7.25. The Balaban J connectivity index is 0.00000289. The molecule has 1 aliphatic heterocycles. The molecular formula is C23H24ClNO5S2. The van der Waals surface area contributed by atoms with Crippen molar-refractivity contribution < 1.29 is 21.1 Å². The Morgan fingerprint density at radius 1 is 0.906 bits per heavy atom. The first kappa shape index (κ1) is 24.3. The van der Waals surface area contributed by atoms with E-state index in [1.165, 1.54) is 18.2 Å². The van der Waals surface area contributed by atoms with Crippen LogP contribution >= 0.6 is 11.9 Å². The quantitative estimate of drug-likeness (QED) is 0.523. The molecule has 1 unspecified atom stereocenters. The lowest BCUT2D eigenvalue weighted by molar-refractivity contribution is 0.581. The molecule has 32 heavy (non-hydrogen) atoms. The summed E-state index contributed by atoms with van der Waals surface area (Å²) in [6, 6.07) is 20.1. The summed E-state index contributed by atoms with van der Waals surface area (Å²) in [6.45, 7) is 0.700. The van der Waals surface area contributed by atoms with Gasteiger partial charge < -0.3 is 9.61 Å². The summed E-state index contributed by atoms with van der Waals surface area (Å²) in [6.07, 6.45) is 0. The molecule has 4 rings (SSSR count). The zero-order chi connectivity index (χ0) is 22.1. The minimum absolute atomic E-state index is 0. The van der Waals surface area contributed by atoms with E-state index in [1.54, 1.807) is 42.5 Å². The van der Waals surface area contributed by atoms with Crippen molar-refractivity contribution in [3.8, 4) is 5.75 Å². The number of nitrogens with one attached hydrogen (secondary N) is 1. The first-order valence-corrected chi connectivity index (χ1v) is 13.1. The molecule has 0 aliphatic carbocycles. The van der Waals surface area contributed by atoms with E-state index < -0.39 is 30.7 Å². The van der Waals surface area contributed by atoms with E-state index in [0.29, 0.717) is 23.4 Å². The maximum atomic E-state index is 13.3. The maximum absolute atomic E-state index is 13.3. The first-order valence-electron chi connectivity index (χ1n) is 9.55. The van der Waals surface area contributed by atoms with E-state index in [4.69, 9.17) is 16.2 Å². The van der Waals surface area contributed by atoms with E-state index >= 15 is 0 Å². The minimum atomic E-state index is -3.88. The number of halogens is 1. The van der Waals surface area contributed by atoms with Crippen LogP contribution in [-0.2, 0) is 32.8 Å². The summed E-state index contributed by atoms with van der Waals surface area (Å²) in [5.41, 5.74) is 1.80. The van der Waals surface area contributed by atoms with Crippen molar-refractivity contribution in [1.29, 1.82) is 0 Å². The Morgan fingerprint density at radius 2 is 1.53 bits per heavy atom. The molecule has 1 heterocycles. The van der Waals surface area contributed by atoms with E-state index in [-0.39, 0.29) is 23.8 Å². The number of sulfone groups is 2. The molecule has 9 heteroatoms. The lowest BCUT2D eigenvalue weighted by Gasteiger charge is -2.16. The van der Waals surface area contributed by atoms with Gasteiger partial charge in [-0.05, 0) is 35.4 Å². The van der Waals surface area contributed by atoms with Gasteiger partial charge in [-0.1, -0.05) is 56.0 Å². The van der Waals surface area contributed by atoms with Gasteiger partial charge in [0, 0.05) is 18.7 Å². The minimum Gasteiger partial charge on any atom is -0.385 e. The van der Waals surface area contributed by atoms with Gasteiger partial charge in [-0.2, -0.15) is 0 Å². The highest BCUT2D eigenvalue weighted by Gasteiger charge is 2.44. The number of hydrogen-bond donors (Lipinski definition) is 1. The Bertz CT molecular complexity index is 1310. The third kappa shape index (κ3) is 4.54. The topological polar surface area (TPSA) is 89.5 Å². The third-order valence-electron chi connectivity index (χ3n) is 5.32. The standard InChI is InChI=1S/C22H20ClNO5S2.CH4/c23-29-19-11-5-4-7-16(19)13-24-14-17-8-6-12-20-22(17)21(15-30(20,25)26)31(27,28)18-9-2-1-3-10-18;/h1-12,21,24H,13-15H2;1H4. The highest BCUT2D eigenvalue weighted by Crippen LogP contribution is 2.42. The fraction of sp³-hybridized carbons (Fsp3) is 0.217. The first-order chi connectivity index (χ1) is 14.8.